The van der Waals surface area contributed by atoms with Crippen molar-refractivity contribution in [3.05, 3.63) is 87.6 Å². The van der Waals surface area contributed by atoms with Gasteiger partial charge in [-0.05, 0) is 59.4 Å². The van der Waals surface area contributed by atoms with E-state index in [4.69, 9.17) is 28.2 Å². The molecule has 4 rings (SSSR count). The molecule has 0 unspecified atom stereocenters. The van der Waals surface area contributed by atoms with E-state index in [1.165, 1.54) is 0 Å². The highest BCUT2D eigenvalue weighted by molar-refractivity contribution is 7.71. The van der Waals surface area contributed by atoms with Gasteiger partial charge in [-0.1, -0.05) is 41.9 Å². The highest BCUT2D eigenvalue weighted by atomic mass is 35.5. The zero-order valence-corrected chi connectivity index (χ0v) is 14.0. The maximum Gasteiger partial charge on any atom is 0.202 e. The van der Waals surface area contributed by atoms with Gasteiger partial charge in [0.15, 0.2) is 5.78 Å². The molecule has 0 aliphatic carbocycles. The second kappa shape index (κ2) is 5.86. The summed E-state index contributed by atoms with van der Waals surface area (Å²) in [5.74, 6) is -0.171. The predicted octanol–water partition coefficient (Wildman–Crippen LogP) is 6.20. The van der Waals surface area contributed by atoms with Crippen LogP contribution in [0.5, 0.6) is 0 Å². The van der Waals surface area contributed by atoms with E-state index < -0.39 is 0 Å². The number of hydrogen-bond acceptors (Lipinski definition) is 3. The highest BCUT2D eigenvalue weighted by Gasteiger charge is 2.14. The van der Waals surface area contributed by atoms with Gasteiger partial charge in [-0.2, -0.15) is 0 Å². The van der Waals surface area contributed by atoms with Crippen molar-refractivity contribution in [1.29, 1.82) is 0 Å². The lowest BCUT2D eigenvalue weighted by Crippen LogP contribution is -2.02. The third-order valence-corrected chi connectivity index (χ3v) is 4.55. The number of halogens is 1. The summed E-state index contributed by atoms with van der Waals surface area (Å²) in [6.07, 6.45) is 0. The van der Waals surface area contributed by atoms with Crippen molar-refractivity contribution in [2.75, 3.05) is 0 Å². The normalized spacial score (nSPS) is 11.0. The van der Waals surface area contributed by atoms with Crippen LogP contribution in [0.1, 0.15) is 15.9 Å². The molecule has 3 aromatic carbocycles. The smallest absolute Gasteiger partial charge is 0.202 e. The SMILES string of the molecule is O=C(c1ccc(Cl)cc1)c1cc2c(ccc3ccccc32)oc1=S. The highest BCUT2D eigenvalue weighted by Crippen LogP contribution is 2.28. The van der Waals surface area contributed by atoms with Gasteiger partial charge in [0.1, 0.15) is 5.58 Å². The summed E-state index contributed by atoms with van der Waals surface area (Å²) < 4.78 is 5.93. The zero-order valence-electron chi connectivity index (χ0n) is 12.5. The number of carbonyl (C=O) groups excluding carboxylic acids is 1. The van der Waals surface area contributed by atoms with Gasteiger partial charge in [0.25, 0.3) is 0 Å². The Bertz CT molecular complexity index is 1140. The molecule has 116 valence electrons. The zero-order chi connectivity index (χ0) is 16.7. The summed E-state index contributed by atoms with van der Waals surface area (Å²) in [6, 6.07) is 20.4. The molecule has 0 amide bonds. The first-order chi connectivity index (χ1) is 11.6. The summed E-state index contributed by atoms with van der Waals surface area (Å²) >= 11 is 11.2. The third kappa shape index (κ3) is 2.52. The van der Waals surface area contributed by atoms with Gasteiger partial charge >= 0.3 is 0 Å². The van der Waals surface area contributed by atoms with Gasteiger partial charge in [-0.25, -0.2) is 0 Å². The summed E-state index contributed by atoms with van der Waals surface area (Å²) in [7, 11) is 0. The molecule has 1 heterocycles. The van der Waals surface area contributed by atoms with E-state index in [1.807, 2.05) is 42.5 Å². The van der Waals surface area contributed by atoms with Crippen LogP contribution in [0.15, 0.2) is 71.1 Å². The Hall–Kier alpha value is -2.49. The molecule has 2 nitrogen and oxygen atoms in total. The van der Waals surface area contributed by atoms with Crippen molar-refractivity contribution in [2.45, 2.75) is 0 Å². The molecule has 0 aliphatic heterocycles. The van der Waals surface area contributed by atoms with E-state index in [0.717, 1.165) is 16.2 Å². The van der Waals surface area contributed by atoms with Crippen LogP contribution in [0.4, 0.5) is 0 Å². The lowest BCUT2D eigenvalue weighted by molar-refractivity contribution is 0.103. The van der Waals surface area contributed by atoms with E-state index in [9.17, 15) is 4.79 Å². The predicted molar refractivity (Wildman–Crippen MR) is 99.4 cm³/mol. The molecule has 0 radical (unpaired) electrons. The molecule has 0 N–H and O–H groups in total. The molecule has 4 aromatic rings. The third-order valence-electron chi connectivity index (χ3n) is 3.99. The minimum absolute atomic E-state index is 0.171. The molecule has 24 heavy (non-hydrogen) atoms. The second-order valence-electron chi connectivity index (χ2n) is 5.48. The van der Waals surface area contributed by atoms with Crippen molar-refractivity contribution in [1.82, 2.24) is 0 Å². The quantitative estimate of drug-likeness (QED) is 0.245. The van der Waals surface area contributed by atoms with E-state index >= 15 is 0 Å². The fourth-order valence-electron chi connectivity index (χ4n) is 2.79. The molecule has 0 atom stereocenters. The lowest BCUT2D eigenvalue weighted by Gasteiger charge is -2.06. The number of ketones is 1. The average Bonchev–Trinajstić information content (AvgIpc) is 2.61. The Morgan fingerprint density at radius 2 is 1.67 bits per heavy atom. The van der Waals surface area contributed by atoms with E-state index in [2.05, 4.69) is 0 Å². The fourth-order valence-corrected chi connectivity index (χ4v) is 3.15. The minimum atomic E-state index is -0.171. The fraction of sp³-hybridized carbons (Fsp3) is 0. The number of fused-ring (bicyclic) bond motifs is 3. The van der Waals surface area contributed by atoms with E-state index in [1.54, 1.807) is 24.3 Å². The van der Waals surface area contributed by atoms with Crippen molar-refractivity contribution >= 4 is 51.3 Å². The van der Waals surface area contributed by atoms with Crippen LogP contribution >= 0.6 is 23.8 Å². The lowest BCUT2D eigenvalue weighted by atomic mass is 10.0. The monoisotopic (exact) mass is 350 g/mol. The van der Waals surface area contributed by atoms with Crippen LogP contribution in [0.3, 0.4) is 0 Å². The van der Waals surface area contributed by atoms with Crippen LogP contribution in [0.2, 0.25) is 5.02 Å². The maximum atomic E-state index is 12.8. The van der Waals surface area contributed by atoms with Gasteiger partial charge in [0.2, 0.25) is 4.71 Å². The van der Waals surface area contributed by atoms with Crippen LogP contribution in [-0.4, -0.2) is 5.78 Å². The minimum Gasteiger partial charge on any atom is -0.444 e. The van der Waals surface area contributed by atoms with Crippen molar-refractivity contribution in [2.24, 2.45) is 0 Å². The second-order valence-corrected chi connectivity index (χ2v) is 6.29. The van der Waals surface area contributed by atoms with Crippen LogP contribution in [0.25, 0.3) is 21.7 Å². The molecule has 0 saturated heterocycles. The standard InChI is InChI=1S/C20H11ClO2S/c21-14-8-5-13(6-9-14)19(22)17-11-16-15-4-2-1-3-12(15)7-10-18(16)23-20(17)24/h1-11H. The van der Waals surface area contributed by atoms with E-state index in [0.29, 0.717) is 21.7 Å². The van der Waals surface area contributed by atoms with Crippen molar-refractivity contribution in [3.8, 4) is 0 Å². The van der Waals surface area contributed by atoms with Gasteiger partial charge in [0, 0.05) is 16.0 Å². The summed E-state index contributed by atoms with van der Waals surface area (Å²) in [6.45, 7) is 0. The van der Waals surface area contributed by atoms with Gasteiger partial charge < -0.3 is 4.42 Å². The Labute approximate surface area is 148 Å². The molecule has 0 aliphatic rings. The molecular weight excluding hydrogens is 340 g/mol. The van der Waals surface area contributed by atoms with Crippen molar-refractivity contribution < 1.29 is 9.21 Å². The molecule has 0 saturated carbocycles. The number of rotatable bonds is 2. The van der Waals surface area contributed by atoms with Crippen LogP contribution in [-0.2, 0) is 0 Å². The van der Waals surface area contributed by atoms with Gasteiger partial charge in [-0.15, -0.1) is 0 Å². The summed E-state index contributed by atoms with van der Waals surface area (Å²) in [5.41, 5.74) is 1.59. The molecule has 0 spiro atoms. The molecule has 4 heteroatoms. The van der Waals surface area contributed by atoms with Crippen LogP contribution in [0, 0.1) is 4.71 Å². The molecule has 1 aromatic heterocycles. The largest absolute Gasteiger partial charge is 0.444 e. The molecule has 0 fully saturated rings. The Kier molecular flexibility index (Phi) is 3.68. The van der Waals surface area contributed by atoms with Gasteiger partial charge in [0.05, 0.1) is 5.56 Å². The number of benzene rings is 3. The Morgan fingerprint density at radius 1 is 0.917 bits per heavy atom. The first kappa shape index (κ1) is 15.1. The van der Waals surface area contributed by atoms with Gasteiger partial charge in [-0.3, -0.25) is 4.79 Å². The first-order valence-corrected chi connectivity index (χ1v) is 8.18. The number of carbonyl (C=O) groups is 1. The van der Waals surface area contributed by atoms with Crippen molar-refractivity contribution in [3.63, 3.8) is 0 Å². The molecule has 0 bridgehead atoms. The Morgan fingerprint density at radius 3 is 2.46 bits per heavy atom. The summed E-state index contributed by atoms with van der Waals surface area (Å²) in [5, 5.41) is 3.57. The maximum absolute atomic E-state index is 12.8. The van der Waals surface area contributed by atoms with E-state index in [-0.39, 0.29) is 10.5 Å². The first-order valence-electron chi connectivity index (χ1n) is 7.39. The Balaban J connectivity index is 1.96. The summed E-state index contributed by atoms with van der Waals surface area (Å²) in [4.78, 5) is 12.8. The number of hydrogen-bond donors (Lipinski definition) is 0. The average molecular weight is 351 g/mol. The molecular formula is C20H11ClO2S. The topological polar surface area (TPSA) is 30.2 Å². The van der Waals surface area contributed by atoms with Crippen LogP contribution < -0.4 is 0 Å².